The number of benzene rings is 1. The van der Waals surface area contributed by atoms with Crippen LogP contribution in [0.25, 0.3) is 10.8 Å². The molecule has 2 N–H and O–H groups in total. The molecule has 3 nitrogen and oxygen atoms in total. The smallest absolute Gasteiger partial charge is 0.154 e. The summed E-state index contributed by atoms with van der Waals surface area (Å²) in [5, 5.41) is 2.40. The largest absolute Gasteiger partial charge is 0.299 e. The molecule has 0 atom stereocenters. The van der Waals surface area contributed by atoms with Crippen LogP contribution in [-0.4, -0.2) is 4.98 Å². The van der Waals surface area contributed by atoms with Gasteiger partial charge in [-0.25, -0.2) is 4.98 Å². The van der Waals surface area contributed by atoms with E-state index in [1.54, 1.807) is 6.20 Å². The molecule has 1 aromatic heterocycles. The highest BCUT2D eigenvalue weighted by molar-refractivity contribution is 6.05. The first-order chi connectivity index (χ1) is 5.95. The van der Waals surface area contributed by atoms with Crippen molar-refractivity contribution >= 4 is 22.3 Å². The van der Waals surface area contributed by atoms with Crippen molar-refractivity contribution in [2.75, 3.05) is 10.9 Å². The highest BCUT2D eigenvalue weighted by Crippen LogP contribution is 2.32. The van der Waals surface area contributed by atoms with E-state index >= 15 is 0 Å². The monoisotopic (exact) mass is 157 g/mol. The van der Waals surface area contributed by atoms with Gasteiger partial charge in [0.05, 0.1) is 11.1 Å². The van der Waals surface area contributed by atoms with E-state index in [-0.39, 0.29) is 0 Å². The van der Waals surface area contributed by atoms with E-state index in [0.29, 0.717) is 0 Å². The van der Waals surface area contributed by atoms with E-state index in [9.17, 15) is 0 Å². The second-order valence-electron chi connectivity index (χ2n) is 2.81. The van der Waals surface area contributed by atoms with Gasteiger partial charge < -0.3 is 0 Å². The van der Waals surface area contributed by atoms with Crippen LogP contribution in [0.2, 0.25) is 0 Å². The Bertz CT molecular complexity index is 412. The third-order valence-electron chi connectivity index (χ3n) is 2.11. The molecule has 1 aromatic carbocycles. The molecule has 0 bridgehead atoms. The summed E-state index contributed by atoms with van der Waals surface area (Å²) < 4.78 is 0. The molecule has 0 amide bonds. The molecule has 0 saturated heterocycles. The van der Waals surface area contributed by atoms with Gasteiger partial charge in [-0.3, -0.25) is 10.9 Å². The van der Waals surface area contributed by atoms with Gasteiger partial charge in [0.15, 0.2) is 5.82 Å². The van der Waals surface area contributed by atoms with Gasteiger partial charge in [0.1, 0.15) is 0 Å². The summed E-state index contributed by atoms with van der Waals surface area (Å²) in [6.07, 6.45) is 1.81. The SMILES string of the molecule is c1cc2c3c(nccc3c1)NN2. The predicted octanol–water partition coefficient (Wildman–Crippen LogP) is 1.99. The average molecular weight is 157 g/mol. The Morgan fingerprint density at radius 1 is 1.08 bits per heavy atom. The van der Waals surface area contributed by atoms with Crippen molar-refractivity contribution < 1.29 is 0 Å². The van der Waals surface area contributed by atoms with Crippen LogP contribution in [-0.2, 0) is 0 Å². The molecule has 0 saturated carbocycles. The molecule has 0 radical (unpaired) electrons. The Kier molecular flexibility index (Phi) is 0.913. The van der Waals surface area contributed by atoms with Crippen molar-refractivity contribution in [3.63, 3.8) is 0 Å². The first-order valence-electron chi connectivity index (χ1n) is 3.85. The van der Waals surface area contributed by atoms with Crippen LogP contribution in [0.3, 0.4) is 0 Å². The van der Waals surface area contributed by atoms with Gasteiger partial charge in [0.25, 0.3) is 0 Å². The lowest BCUT2D eigenvalue weighted by Crippen LogP contribution is -2.01. The van der Waals surface area contributed by atoms with Crippen molar-refractivity contribution in [2.24, 2.45) is 0 Å². The van der Waals surface area contributed by atoms with E-state index < -0.39 is 0 Å². The number of hydrazine groups is 1. The van der Waals surface area contributed by atoms with Crippen LogP contribution >= 0.6 is 0 Å². The number of nitrogens with one attached hydrogen (secondary N) is 2. The van der Waals surface area contributed by atoms with E-state index in [0.717, 1.165) is 11.5 Å². The Morgan fingerprint density at radius 2 is 2.08 bits per heavy atom. The third kappa shape index (κ3) is 0.580. The molecule has 0 fully saturated rings. The highest BCUT2D eigenvalue weighted by Gasteiger charge is 2.12. The summed E-state index contributed by atoms with van der Waals surface area (Å²) in [6.45, 7) is 0. The summed E-state index contributed by atoms with van der Waals surface area (Å²) in [6, 6.07) is 8.16. The molecular formula is C9H7N3. The number of pyridine rings is 1. The number of rotatable bonds is 0. The van der Waals surface area contributed by atoms with Gasteiger partial charge in [0, 0.05) is 6.20 Å². The van der Waals surface area contributed by atoms with Gasteiger partial charge in [-0.05, 0) is 17.5 Å². The maximum absolute atomic E-state index is 4.20. The zero-order chi connectivity index (χ0) is 7.97. The van der Waals surface area contributed by atoms with Crippen LogP contribution in [0.5, 0.6) is 0 Å². The Labute approximate surface area is 69.4 Å². The van der Waals surface area contributed by atoms with Crippen molar-refractivity contribution in [2.45, 2.75) is 0 Å². The topological polar surface area (TPSA) is 37.0 Å². The number of nitrogens with zero attached hydrogens (tertiary/aromatic N) is 1. The maximum Gasteiger partial charge on any atom is 0.154 e. The number of hydrogen-bond acceptors (Lipinski definition) is 3. The standard InChI is InChI=1S/C9H7N3/c1-2-6-4-5-10-9-8(6)7(3-1)11-12-9/h1-5H,(H2,10,11,12). The van der Waals surface area contributed by atoms with E-state index in [4.69, 9.17) is 0 Å². The van der Waals surface area contributed by atoms with Crippen molar-refractivity contribution in [1.82, 2.24) is 4.98 Å². The molecule has 0 spiro atoms. The maximum atomic E-state index is 4.20. The predicted molar refractivity (Wildman–Crippen MR) is 49.0 cm³/mol. The summed E-state index contributed by atoms with van der Waals surface area (Å²) in [4.78, 5) is 4.20. The lowest BCUT2D eigenvalue weighted by molar-refractivity contribution is 1.33. The van der Waals surface area contributed by atoms with Gasteiger partial charge >= 0.3 is 0 Å². The van der Waals surface area contributed by atoms with E-state index in [1.165, 1.54) is 10.8 Å². The van der Waals surface area contributed by atoms with Gasteiger partial charge in [-0.1, -0.05) is 12.1 Å². The highest BCUT2D eigenvalue weighted by atomic mass is 15.4. The van der Waals surface area contributed by atoms with Crippen LogP contribution in [0.4, 0.5) is 11.5 Å². The molecule has 2 heterocycles. The molecular weight excluding hydrogens is 150 g/mol. The van der Waals surface area contributed by atoms with Crippen molar-refractivity contribution in [3.8, 4) is 0 Å². The Morgan fingerprint density at radius 3 is 3.08 bits per heavy atom. The van der Waals surface area contributed by atoms with Crippen molar-refractivity contribution in [3.05, 3.63) is 30.5 Å². The summed E-state index contributed by atoms with van der Waals surface area (Å²) in [5.74, 6) is 0.920. The van der Waals surface area contributed by atoms with E-state index in [1.807, 2.05) is 18.2 Å². The molecule has 1 aliphatic rings. The van der Waals surface area contributed by atoms with Crippen LogP contribution < -0.4 is 10.9 Å². The summed E-state index contributed by atoms with van der Waals surface area (Å²) in [7, 11) is 0. The van der Waals surface area contributed by atoms with E-state index in [2.05, 4.69) is 21.9 Å². The minimum absolute atomic E-state index is 0.920. The average Bonchev–Trinajstić information content (AvgIpc) is 2.52. The second-order valence-corrected chi connectivity index (χ2v) is 2.81. The quantitative estimate of drug-likeness (QED) is 0.614. The molecule has 3 rings (SSSR count). The lowest BCUT2D eigenvalue weighted by Gasteiger charge is -1.95. The fourth-order valence-electron chi connectivity index (χ4n) is 1.56. The molecule has 58 valence electrons. The van der Waals surface area contributed by atoms with Gasteiger partial charge in [0.2, 0.25) is 0 Å². The number of anilines is 2. The molecule has 0 unspecified atom stereocenters. The zero-order valence-corrected chi connectivity index (χ0v) is 6.33. The van der Waals surface area contributed by atoms with Gasteiger partial charge in [-0.2, -0.15) is 0 Å². The fraction of sp³-hybridized carbons (Fsp3) is 0. The van der Waals surface area contributed by atoms with Crippen molar-refractivity contribution in [1.29, 1.82) is 0 Å². The number of aromatic nitrogens is 1. The lowest BCUT2D eigenvalue weighted by atomic mass is 10.1. The first kappa shape index (κ1) is 5.83. The molecule has 1 aliphatic heterocycles. The summed E-state index contributed by atoms with van der Waals surface area (Å²) >= 11 is 0. The normalized spacial score (nSPS) is 12.7. The number of hydrogen-bond donors (Lipinski definition) is 2. The zero-order valence-electron chi connectivity index (χ0n) is 6.33. The van der Waals surface area contributed by atoms with Gasteiger partial charge in [-0.15, -0.1) is 0 Å². The van der Waals surface area contributed by atoms with Crippen LogP contribution in [0, 0.1) is 0 Å². The Balaban J connectivity index is 2.58. The molecule has 0 aliphatic carbocycles. The minimum Gasteiger partial charge on any atom is -0.299 e. The third-order valence-corrected chi connectivity index (χ3v) is 2.11. The molecule has 2 aromatic rings. The van der Waals surface area contributed by atoms with Crippen LogP contribution in [0.1, 0.15) is 0 Å². The minimum atomic E-state index is 0.920. The summed E-state index contributed by atoms with van der Waals surface area (Å²) in [5.41, 5.74) is 7.18. The Hall–Kier alpha value is -1.77. The fourth-order valence-corrected chi connectivity index (χ4v) is 1.56. The molecule has 12 heavy (non-hydrogen) atoms. The first-order valence-corrected chi connectivity index (χ1v) is 3.85. The second kappa shape index (κ2) is 1.88. The van der Waals surface area contributed by atoms with Crippen LogP contribution in [0.15, 0.2) is 30.5 Å². The molecule has 3 heteroatoms.